The standard InChI is InChI=1S/C8H14FNO/c1-6(5-10)8(9)7-3-2-4-11-7/h3,6,8H,2,4-5,10H2,1H3. The molecule has 1 rings (SSSR count). The molecule has 64 valence electrons. The summed E-state index contributed by atoms with van der Waals surface area (Å²) in [4.78, 5) is 0. The van der Waals surface area contributed by atoms with Gasteiger partial charge in [0.15, 0.2) is 6.17 Å². The van der Waals surface area contributed by atoms with E-state index in [0.29, 0.717) is 18.9 Å². The van der Waals surface area contributed by atoms with Crippen molar-refractivity contribution in [2.75, 3.05) is 13.2 Å². The average Bonchev–Trinajstić information content (AvgIpc) is 2.53. The Kier molecular flexibility index (Phi) is 2.88. The van der Waals surface area contributed by atoms with Crippen LogP contribution in [-0.4, -0.2) is 19.3 Å². The highest BCUT2D eigenvalue weighted by Crippen LogP contribution is 2.21. The third-order valence-corrected chi connectivity index (χ3v) is 1.88. The zero-order chi connectivity index (χ0) is 8.27. The van der Waals surface area contributed by atoms with Crippen molar-refractivity contribution in [2.24, 2.45) is 11.7 Å². The van der Waals surface area contributed by atoms with Gasteiger partial charge >= 0.3 is 0 Å². The predicted octanol–water partition coefficient (Wildman–Crippen LogP) is 1.22. The summed E-state index contributed by atoms with van der Waals surface area (Å²) in [7, 11) is 0. The lowest BCUT2D eigenvalue weighted by Gasteiger charge is -2.15. The highest BCUT2D eigenvalue weighted by atomic mass is 19.1. The van der Waals surface area contributed by atoms with Crippen LogP contribution in [-0.2, 0) is 4.74 Å². The number of halogens is 1. The fourth-order valence-corrected chi connectivity index (χ4v) is 1.03. The Labute approximate surface area is 66.2 Å². The third kappa shape index (κ3) is 1.93. The number of rotatable bonds is 3. The SMILES string of the molecule is CC(CN)C(F)C1=CCCO1. The molecular formula is C8H14FNO. The zero-order valence-corrected chi connectivity index (χ0v) is 6.72. The smallest absolute Gasteiger partial charge is 0.160 e. The minimum absolute atomic E-state index is 0.139. The molecular weight excluding hydrogens is 145 g/mol. The maximum absolute atomic E-state index is 13.2. The van der Waals surface area contributed by atoms with Gasteiger partial charge in [-0.05, 0) is 12.6 Å². The molecule has 0 aromatic heterocycles. The summed E-state index contributed by atoms with van der Waals surface area (Å²) in [6.45, 7) is 2.77. The molecule has 2 N–H and O–H groups in total. The topological polar surface area (TPSA) is 35.2 Å². The van der Waals surface area contributed by atoms with E-state index in [-0.39, 0.29) is 5.92 Å². The monoisotopic (exact) mass is 159 g/mol. The average molecular weight is 159 g/mol. The van der Waals surface area contributed by atoms with Crippen LogP contribution in [0.25, 0.3) is 0 Å². The van der Waals surface area contributed by atoms with E-state index >= 15 is 0 Å². The quantitative estimate of drug-likeness (QED) is 0.672. The molecule has 0 saturated heterocycles. The van der Waals surface area contributed by atoms with Gasteiger partial charge in [0.25, 0.3) is 0 Å². The molecule has 0 fully saturated rings. The molecule has 0 aromatic carbocycles. The molecule has 0 saturated carbocycles. The first kappa shape index (κ1) is 8.53. The number of ether oxygens (including phenoxy) is 1. The Bertz CT molecular complexity index is 158. The fourth-order valence-electron chi connectivity index (χ4n) is 1.03. The van der Waals surface area contributed by atoms with E-state index in [2.05, 4.69) is 0 Å². The third-order valence-electron chi connectivity index (χ3n) is 1.88. The first-order valence-corrected chi connectivity index (χ1v) is 3.92. The number of hydrogen-bond donors (Lipinski definition) is 1. The van der Waals surface area contributed by atoms with Crippen LogP contribution in [0.4, 0.5) is 4.39 Å². The summed E-state index contributed by atoms with van der Waals surface area (Å²) in [5, 5.41) is 0. The van der Waals surface area contributed by atoms with Gasteiger partial charge in [0.05, 0.1) is 6.61 Å². The van der Waals surface area contributed by atoms with Gasteiger partial charge in [0.2, 0.25) is 0 Å². The maximum atomic E-state index is 13.2. The second kappa shape index (κ2) is 3.72. The van der Waals surface area contributed by atoms with E-state index in [9.17, 15) is 4.39 Å². The summed E-state index contributed by atoms with van der Waals surface area (Å²) >= 11 is 0. The number of hydrogen-bond acceptors (Lipinski definition) is 2. The first-order valence-electron chi connectivity index (χ1n) is 3.92. The zero-order valence-electron chi connectivity index (χ0n) is 6.72. The van der Waals surface area contributed by atoms with Gasteiger partial charge in [-0.3, -0.25) is 0 Å². The van der Waals surface area contributed by atoms with Crippen molar-refractivity contribution in [1.29, 1.82) is 0 Å². The van der Waals surface area contributed by atoms with Crippen LogP contribution in [0.15, 0.2) is 11.8 Å². The largest absolute Gasteiger partial charge is 0.495 e. The summed E-state index contributed by atoms with van der Waals surface area (Å²) in [5.41, 5.74) is 5.32. The van der Waals surface area contributed by atoms with Crippen LogP contribution in [0.5, 0.6) is 0 Å². The van der Waals surface area contributed by atoms with Gasteiger partial charge in [0.1, 0.15) is 5.76 Å². The Morgan fingerprint density at radius 3 is 3.00 bits per heavy atom. The molecule has 3 heteroatoms. The lowest BCUT2D eigenvalue weighted by Crippen LogP contribution is -2.23. The Morgan fingerprint density at radius 1 is 1.82 bits per heavy atom. The molecule has 2 nitrogen and oxygen atoms in total. The molecule has 0 bridgehead atoms. The fraction of sp³-hybridized carbons (Fsp3) is 0.750. The highest BCUT2D eigenvalue weighted by molar-refractivity contribution is 5.05. The van der Waals surface area contributed by atoms with Crippen molar-refractivity contribution in [3.63, 3.8) is 0 Å². The van der Waals surface area contributed by atoms with E-state index in [4.69, 9.17) is 10.5 Å². The van der Waals surface area contributed by atoms with Crippen LogP contribution >= 0.6 is 0 Å². The molecule has 0 aromatic rings. The van der Waals surface area contributed by atoms with Crippen molar-refractivity contribution in [2.45, 2.75) is 19.5 Å². The van der Waals surface area contributed by atoms with Gasteiger partial charge in [-0.2, -0.15) is 0 Å². The van der Waals surface area contributed by atoms with Crippen molar-refractivity contribution >= 4 is 0 Å². The molecule has 11 heavy (non-hydrogen) atoms. The van der Waals surface area contributed by atoms with Crippen LogP contribution < -0.4 is 5.73 Å². The second-order valence-corrected chi connectivity index (χ2v) is 2.86. The second-order valence-electron chi connectivity index (χ2n) is 2.86. The molecule has 2 atom stereocenters. The summed E-state index contributed by atoms with van der Waals surface area (Å²) < 4.78 is 18.3. The minimum atomic E-state index is -1.01. The summed E-state index contributed by atoms with van der Waals surface area (Å²) in [6, 6.07) is 0. The Balaban J connectivity index is 2.45. The summed E-state index contributed by atoms with van der Waals surface area (Å²) in [5.74, 6) is 0.335. The number of allylic oxidation sites excluding steroid dienone is 1. The number of alkyl halides is 1. The first-order chi connectivity index (χ1) is 5.25. The van der Waals surface area contributed by atoms with Gasteiger partial charge in [-0.1, -0.05) is 6.92 Å². The normalized spacial score (nSPS) is 22.3. The number of nitrogens with two attached hydrogens (primary N) is 1. The van der Waals surface area contributed by atoms with E-state index in [1.165, 1.54) is 0 Å². The van der Waals surface area contributed by atoms with E-state index in [0.717, 1.165) is 6.42 Å². The molecule has 0 spiro atoms. The van der Waals surface area contributed by atoms with Gasteiger partial charge in [0, 0.05) is 12.3 Å². The van der Waals surface area contributed by atoms with Gasteiger partial charge in [-0.15, -0.1) is 0 Å². The maximum Gasteiger partial charge on any atom is 0.160 e. The molecule has 1 aliphatic rings. The van der Waals surface area contributed by atoms with Crippen LogP contribution in [0, 0.1) is 5.92 Å². The molecule has 2 unspecified atom stereocenters. The molecule has 0 aliphatic carbocycles. The molecule has 0 radical (unpaired) electrons. The van der Waals surface area contributed by atoms with E-state index in [1.807, 2.05) is 0 Å². The lowest BCUT2D eigenvalue weighted by molar-refractivity contribution is 0.151. The Morgan fingerprint density at radius 2 is 2.55 bits per heavy atom. The van der Waals surface area contributed by atoms with Crippen molar-refractivity contribution in [3.8, 4) is 0 Å². The minimum Gasteiger partial charge on any atom is -0.495 e. The lowest BCUT2D eigenvalue weighted by atomic mass is 10.1. The van der Waals surface area contributed by atoms with E-state index < -0.39 is 6.17 Å². The Hall–Kier alpha value is -0.570. The van der Waals surface area contributed by atoms with Crippen molar-refractivity contribution in [1.82, 2.24) is 0 Å². The molecule has 0 amide bonds. The van der Waals surface area contributed by atoms with E-state index in [1.54, 1.807) is 13.0 Å². The van der Waals surface area contributed by atoms with Gasteiger partial charge in [-0.25, -0.2) is 4.39 Å². The van der Waals surface area contributed by atoms with Crippen LogP contribution in [0.1, 0.15) is 13.3 Å². The van der Waals surface area contributed by atoms with Crippen LogP contribution in [0.3, 0.4) is 0 Å². The predicted molar refractivity (Wildman–Crippen MR) is 41.8 cm³/mol. The molecule has 1 heterocycles. The van der Waals surface area contributed by atoms with Crippen molar-refractivity contribution < 1.29 is 9.13 Å². The molecule has 1 aliphatic heterocycles. The summed E-state index contributed by atoms with van der Waals surface area (Å²) in [6.07, 6.45) is 1.62. The van der Waals surface area contributed by atoms with Crippen LogP contribution in [0.2, 0.25) is 0 Å². The van der Waals surface area contributed by atoms with Crippen molar-refractivity contribution in [3.05, 3.63) is 11.8 Å². The highest BCUT2D eigenvalue weighted by Gasteiger charge is 2.22. The van der Waals surface area contributed by atoms with Gasteiger partial charge < -0.3 is 10.5 Å².